The number of fused-ring (bicyclic) bond motifs is 6. The van der Waals surface area contributed by atoms with Crippen LogP contribution in [0.3, 0.4) is 0 Å². The molecule has 0 unspecified atom stereocenters. The third-order valence-corrected chi connectivity index (χ3v) is 9.40. The van der Waals surface area contributed by atoms with E-state index in [1.54, 1.807) is 11.1 Å². The SMILES string of the molecule is C[C@]12C=CC(=NO)C=C1C1(CC1)C[C@@H]1[C@@H]2CC[C@]2(C)C(c3cccnc3)=CC[C@@H]12. The van der Waals surface area contributed by atoms with Gasteiger partial charge in [-0.1, -0.05) is 42.8 Å². The highest BCUT2D eigenvalue weighted by Crippen LogP contribution is 2.74. The molecule has 1 heterocycles. The summed E-state index contributed by atoms with van der Waals surface area (Å²) < 4.78 is 0. The second kappa shape index (κ2) is 5.71. The van der Waals surface area contributed by atoms with E-state index in [2.05, 4.69) is 60.5 Å². The van der Waals surface area contributed by atoms with Gasteiger partial charge in [-0.15, -0.1) is 0 Å². The summed E-state index contributed by atoms with van der Waals surface area (Å²) in [5.41, 5.74) is 5.89. The zero-order valence-corrected chi connectivity index (χ0v) is 17.4. The average Bonchev–Trinajstić information content (AvgIpc) is 3.41. The van der Waals surface area contributed by atoms with Crippen LogP contribution in [-0.4, -0.2) is 15.9 Å². The second-order valence-corrected chi connectivity index (χ2v) is 10.6. The number of rotatable bonds is 1. The molecule has 1 aromatic rings. The van der Waals surface area contributed by atoms with Crippen LogP contribution in [0.15, 0.2) is 59.6 Å². The van der Waals surface area contributed by atoms with Gasteiger partial charge in [0.25, 0.3) is 0 Å². The van der Waals surface area contributed by atoms with Crippen molar-refractivity contribution in [2.45, 2.75) is 52.4 Å². The van der Waals surface area contributed by atoms with Crippen molar-refractivity contribution in [1.82, 2.24) is 4.98 Å². The first-order valence-electron chi connectivity index (χ1n) is 11.3. The Hall–Kier alpha value is -2.16. The van der Waals surface area contributed by atoms with E-state index in [4.69, 9.17) is 0 Å². The van der Waals surface area contributed by atoms with Crippen LogP contribution < -0.4 is 0 Å². The summed E-state index contributed by atoms with van der Waals surface area (Å²) in [4.78, 5) is 4.40. The highest BCUT2D eigenvalue weighted by molar-refractivity contribution is 6.05. The van der Waals surface area contributed by atoms with E-state index in [1.165, 1.54) is 44.1 Å². The van der Waals surface area contributed by atoms with Crippen molar-refractivity contribution in [3.8, 4) is 0 Å². The molecular formula is C26H30N2O. The molecule has 6 rings (SSSR count). The average molecular weight is 387 g/mol. The Balaban J connectivity index is 1.40. The third kappa shape index (κ3) is 2.25. The van der Waals surface area contributed by atoms with Crippen LogP contribution >= 0.6 is 0 Å². The van der Waals surface area contributed by atoms with Gasteiger partial charge < -0.3 is 5.21 Å². The van der Waals surface area contributed by atoms with Crippen molar-refractivity contribution in [3.63, 3.8) is 0 Å². The van der Waals surface area contributed by atoms with Gasteiger partial charge in [-0.25, -0.2) is 0 Å². The monoisotopic (exact) mass is 386 g/mol. The molecule has 5 aliphatic rings. The van der Waals surface area contributed by atoms with Crippen LogP contribution in [0.4, 0.5) is 0 Å². The summed E-state index contributed by atoms with van der Waals surface area (Å²) in [5, 5.41) is 12.9. The summed E-state index contributed by atoms with van der Waals surface area (Å²) in [5.74, 6) is 2.19. The molecule has 1 aromatic heterocycles. The van der Waals surface area contributed by atoms with Crippen molar-refractivity contribution in [1.29, 1.82) is 0 Å². The minimum absolute atomic E-state index is 0.117. The Morgan fingerprint density at radius 2 is 2.03 bits per heavy atom. The summed E-state index contributed by atoms with van der Waals surface area (Å²) >= 11 is 0. The molecule has 150 valence electrons. The standard InChI is InChI=1S/C26H30N2O/c1-24-10-8-22-19(21(24)6-5-20(24)17-4-3-13-27-16-17)15-26(11-12-26)23-14-18(28-29)7-9-25(22,23)2/h3-5,7,9,13-14,16,19,21-22,29H,6,8,10-12,15H2,1-2H3/t19-,21-,22-,24+,25+/m0/s1. The molecule has 0 amide bonds. The lowest BCUT2D eigenvalue weighted by Crippen LogP contribution is -2.51. The van der Waals surface area contributed by atoms with Gasteiger partial charge in [0, 0.05) is 17.8 Å². The molecule has 3 heteroatoms. The van der Waals surface area contributed by atoms with Crippen molar-refractivity contribution >= 4 is 11.3 Å². The largest absolute Gasteiger partial charge is 0.410 e. The lowest BCUT2D eigenvalue weighted by molar-refractivity contribution is -0.0175. The van der Waals surface area contributed by atoms with Crippen LogP contribution in [0.1, 0.15) is 57.9 Å². The number of pyridine rings is 1. The maximum absolute atomic E-state index is 9.36. The molecule has 0 radical (unpaired) electrons. The zero-order chi connectivity index (χ0) is 19.9. The molecule has 3 saturated carbocycles. The molecule has 0 aromatic carbocycles. The molecule has 29 heavy (non-hydrogen) atoms. The van der Waals surface area contributed by atoms with E-state index >= 15 is 0 Å². The molecule has 0 bridgehead atoms. The fourth-order valence-electron chi connectivity index (χ4n) is 7.85. The summed E-state index contributed by atoms with van der Waals surface area (Å²) in [6.45, 7) is 4.99. The normalized spacial score (nSPS) is 42.7. The summed E-state index contributed by atoms with van der Waals surface area (Å²) in [6.07, 6.45) is 20.8. The van der Waals surface area contributed by atoms with E-state index in [9.17, 15) is 5.21 Å². The Labute approximate surface area is 173 Å². The molecular weight excluding hydrogens is 356 g/mol. The molecule has 3 fully saturated rings. The van der Waals surface area contributed by atoms with Crippen LogP contribution in [0.2, 0.25) is 0 Å². The first-order valence-corrected chi connectivity index (χ1v) is 11.3. The van der Waals surface area contributed by atoms with Gasteiger partial charge in [-0.3, -0.25) is 4.98 Å². The van der Waals surface area contributed by atoms with Gasteiger partial charge in [0.05, 0.1) is 0 Å². The molecule has 5 atom stereocenters. The maximum Gasteiger partial charge on any atom is 0.102 e. The van der Waals surface area contributed by atoms with Gasteiger partial charge in [0.15, 0.2) is 0 Å². The highest BCUT2D eigenvalue weighted by Gasteiger charge is 2.64. The fourth-order valence-corrected chi connectivity index (χ4v) is 7.85. The van der Waals surface area contributed by atoms with Gasteiger partial charge in [-0.2, -0.15) is 0 Å². The number of hydrogen-bond acceptors (Lipinski definition) is 3. The second-order valence-electron chi connectivity index (χ2n) is 10.6. The van der Waals surface area contributed by atoms with Crippen LogP contribution in [0, 0.1) is 34.0 Å². The van der Waals surface area contributed by atoms with E-state index in [1.807, 2.05) is 12.3 Å². The minimum atomic E-state index is 0.117. The summed E-state index contributed by atoms with van der Waals surface area (Å²) in [7, 11) is 0. The number of oxime groups is 1. The predicted octanol–water partition coefficient (Wildman–Crippen LogP) is 6.03. The molecule has 3 nitrogen and oxygen atoms in total. The third-order valence-electron chi connectivity index (χ3n) is 9.40. The van der Waals surface area contributed by atoms with Gasteiger partial charge >= 0.3 is 0 Å². The topological polar surface area (TPSA) is 45.5 Å². The van der Waals surface area contributed by atoms with Gasteiger partial charge in [0.1, 0.15) is 5.71 Å². The molecule has 1 N–H and O–H groups in total. The van der Waals surface area contributed by atoms with Crippen LogP contribution in [0.25, 0.3) is 5.57 Å². The Bertz CT molecular complexity index is 983. The lowest BCUT2D eigenvalue weighted by atomic mass is 9.45. The zero-order valence-electron chi connectivity index (χ0n) is 17.4. The first kappa shape index (κ1) is 17.7. The number of allylic oxidation sites excluding steroid dienone is 6. The quantitative estimate of drug-likeness (QED) is 0.473. The van der Waals surface area contributed by atoms with Crippen molar-refractivity contribution in [2.24, 2.45) is 39.2 Å². The van der Waals surface area contributed by atoms with Crippen molar-refractivity contribution in [3.05, 3.63) is 60.0 Å². The Morgan fingerprint density at radius 3 is 2.76 bits per heavy atom. The smallest absolute Gasteiger partial charge is 0.102 e. The molecule has 5 aliphatic carbocycles. The van der Waals surface area contributed by atoms with Crippen molar-refractivity contribution in [2.75, 3.05) is 0 Å². The lowest BCUT2D eigenvalue weighted by Gasteiger charge is -2.59. The van der Waals surface area contributed by atoms with Gasteiger partial charge in [0.2, 0.25) is 0 Å². The van der Waals surface area contributed by atoms with E-state index in [0.717, 1.165) is 17.5 Å². The number of aromatic nitrogens is 1. The maximum atomic E-state index is 9.36. The molecule has 1 spiro atoms. The highest BCUT2D eigenvalue weighted by atomic mass is 16.4. The predicted molar refractivity (Wildman–Crippen MR) is 115 cm³/mol. The number of hydrogen-bond donors (Lipinski definition) is 1. The van der Waals surface area contributed by atoms with Crippen molar-refractivity contribution < 1.29 is 5.21 Å². The minimum Gasteiger partial charge on any atom is -0.410 e. The molecule has 0 aliphatic heterocycles. The van der Waals surface area contributed by atoms with Gasteiger partial charge in [-0.05, 0) is 96.5 Å². The van der Waals surface area contributed by atoms with E-state index in [0.29, 0.717) is 11.3 Å². The van der Waals surface area contributed by atoms with Crippen LogP contribution in [0.5, 0.6) is 0 Å². The first-order chi connectivity index (χ1) is 14.0. The summed E-state index contributed by atoms with van der Waals surface area (Å²) in [6, 6.07) is 4.31. The van der Waals surface area contributed by atoms with E-state index < -0.39 is 0 Å². The van der Waals surface area contributed by atoms with E-state index in [-0.39, 0.29) is 10.8 Å². The van der Waals surface area contributed by atoms with Crippen LogP contribution in [-0.2, 0) is 0 Å². The fraction of sp³-hybridized carbons (Fsp3) is 0.538. The Morgan fingerprint density at radius 1 is 1.17 bits per heavy atom. The molecule has 0 saturated heterocycles. The Kier molecular flexibility index (Phi) is 3.48. The number of nitrogens with zero attached hydrogens (tertiary/aromatic N) is 2.